The molecule has 0 bridgehead atoms. The molecule has 0 saturated carbocycles. The summed E-state index contributed by atoms with van der Waals surface area (Å²) in [5.74, 6) is -0.817. The summed E-state index contributed by atoms with van der Waals surface area (Å²) in [6.45, 7) is 7.57. The predicted molar refractivity (Wildman–Crippen MR) is 188 cm³/mol. The molecule has 3 aromatic carbocycles. The van der Waals surface area contributed by atoms with Crippen molar-refractivity contribution in [1.29, 1.82) is 0 Å². The first-order valence-corrected chi connectivity index (χ1v) is 16.7. The zero-order chi connectivity index (χ0) is 36.9. The van der Waals surface area contributed by atoms with Crippen LogP contribution in [-0.2, 0) is 28.9 Å². The van der Waals surface area contributed by atoms with Gasteiger partial charge in [0.2, 0.25) is 5.91 Å². The molecule has 0 fully saturated rings. The van der Waals surface area contributed by atoms with Gasteiger partial charge in [-0.15, -0.1) is 0 Å². The Bertz CT molecular complexity index is 1480. The topological polar surface area (TPSA) is 184 Å². The van der Waals surface area contributed by atoms with E-state index < -0.39 is 59.6 Å². The van der Waals surface area contributed by atoms with Crippen LogP contribution < -0.4 is 21.1 Å². The lowest BCUT2D eigenvalue weighted by molar-refractivity contribution is -0.271. The van der Waals surface area contributed by atoms with Crippen molar-refractivity contribution in [1.82, 2.24) is 20.9 Å². The standard InChI is InChI=1S/C38H52N4O8/c1-37(2,3)50-35(46)41-30(22-27-17-11-7-12-18-27)32(44)24-39-23-31(43)29(21-26-15-9-6-10-16-26)40-34(45)33(38(4,5)49)42(36(47)48)25-28-19-13-8-14-20-28/h6-20,29-33,39,43-44,49H,21-25H2,1-5H3,(H,40,45)(H,41,46)(H,47,48)/p-1/t29-,30-,31+,32+,33?/m0/s1. The number of nitrogens with one attached hydrogen (secondary N) is 3. The van der Waals surface area contributed by atoms with Crippen LogP contribution in [-0.4, -0.2) is 92.9 Å². The van der Waals surface area contributed by atoms with Gasteiger partial charge in [0.15, 0.2) is 0 Å². The Balaban J connectivity index is 1.76. The van der Waals surface area contributed by atoms with E-state index in [1.165, 1.54) is 13.8 Å². The maximum Gasteiger partial charge on any atom is 0.407 e. The van der Waals surface area contributed by atoms with Gasteiger partial charge >= 0.3 is 6.09 Å². The van der Waals surface area contributed by atoms with Crippen LogP contribution in [0, 0.1) is 0 Å². The van der Waals surface area contributed by atoms with Crippen molar-refractivity contribution < 1.29 is 39.5 Å². The molecule has 3 amide bonds. The van der Waals surface area contributed by atoms with Gasteiger partial charge in [-0.2, -0.15) is 0 Å². The molecule has 0 saturated heterocycles. The van der Waals surface area contributed by atoms with Gasteiger partial charge < -0.3 is 50.8 Å². The Hall–Kier alpha value is -4.49. The van der Waals surface area contributed by atoms with E-state index in [1.807, 2.05) is 60.7 Å². The van der Waals surface area contributed by atoms with Gasteiger partial charge in [-0.05, 0) is 64.2 Å². The number of carbonyl (C=O) groups is 3. The van der Waals surface area contributed by atoms with Crippen LogP contribution in [0.4, 0.5) is 9.59 Å². The van der Waals surface area contributed by atoms with Crippen LogP contribution in [0.25, 0.3) is 0 Å². The SMILES string of the molecule is CC(C)(C)OC(=O)N[C@@H](Cc1ccccc1)[C@H](O)CNC[C@@H](O)[C@H](Cc1ccccc1)NC(=O)C(N(Cc1ccccc1)C(=O)[O-])C(C)(C)O. The number of hydrogen-bond acceptors (Lipinski definition) is 9. The van der Waals surface area contributed by atoms with E-state index >= 15 is 0 Å². The smallest absolute Gasteiger partial charge is 0.407 e. The molecule has 1 unspecified atom stereocenters. The Labute approximate surface area is 294 Å². The zero-order valence-electron chi connectivity index (χ0n) is 29.4. The minimum absolute atomic E-state index is 0.0296. The van der Waals surface area contributed by atoms with Crippen molar-refractivity contribution in [2.24, 2.45) is 0 Å². The van der Waals surface area contributed by atoms with Crippen LogP contribution >= 0.6 is 0 Å². The third-order valence-corrected chi connectivity index (χ3v) is 7.92. The summed E-state index contributed by atoms with van der Waals surface area (Å²) in [7, 11) is 0. The second-order valence-corrected chi connectivity index (χ2v) is 14.0. The molecule has 0 aliphatic carbocycles. The highest BCUT2D eigenvalue weighted by atomic mass is 16.6. The zero-order valence-corrected chi connectivity index (χ0v) is 29.4. The number of nitrogens with zero attached hydrogens (tertiary/aromatic N) is 1. The van der Waals surface area contributed by atoms with Gasteiger partial charge in [-0.3, -0.25) is 4.79 Å². The van der Waals surface area contributed by atoms with Gasteiger partial charge in [0, 0.05) is 19.6 Å². The van der Waals surface area contributed by atoms with E-state index in [-0.39, 0.29) is 26.1 Å². The monoisotopic (exact) mass is 691 g/mol. The number of benzene rings is 3. The fourth-order valence-electron chi connectivity index (χ4n) is 5.57. The van der Waals surface area contributed by atoms with Crippen molar-refractivity contribution in [3.8, 4) is 0 Å². The summed E-state index contributed by atoms with van der Waals surface area (Å²) >= 11 is 0. The molecule has 0 radical (unpaired) electrons. The fourth-order valence-corrected chi connectivity index (χ4v) is 5.57. The van der Waals surface area contributed by atoms with Gasteiger partial charge in [0.25, 0.3) is 0 Å². The first kappa shape index (κ1) is 39.9. The molecule has 5 atom stereocenters. The van der Waals surface area contributed by atoms with Gasteiger partial charge in [0.05, 0.1) is 29.9 Å². The largest absolute Gasteiger partial charge is 0.530 e. The maximum atomic E-state index is 13.9. The molecule has 3 rings (SSSR count). The lowest BCUT2D eigenvalue weighted by Gasteiger charge is -2.40. The number of ether oxygens (including phenoxy) is 1. The first-order chi connectivity index (χ1) is 23.5. The lowest BCUT2D eigenvalue weighted by Crippen LogP contribution is -2.64. The van der Waals surface area contributed by atoms with Crippen LogP contribution in [0.2, 0.25) is 0 Å². The van der Waals surface area contributed by atoms with Crippen molar-refractivity contribution >= 4 is 18.1 Å². The maximum absolute atomic E-state index is 13.9. The molecule has 0 aliphatic heterocycles. The van der Waals surface area contributed by atoms with Crippen LogP contribution in [0.1, 0.15) is 51.3 Å². The minimum atomic E-state index is -1.82. The molecule has 12 heteroatoms. The van der Waals surface area contributed by atoms with Crippen molar-refractivity contribution in [3.63, 3.8) is 0 Å². The molecule has 0 spiro atoms. The molecular weight excluding hydrogens is 640 g/mol. The normalized spacial score (nSPS) is 14.8. The second-order valence-electron chi connectivity index (χ2n) is 14.0. The number of carboxylic acid groups (broad SMARTS) is 1. The fraction of sp³-hybridized carbons (Fsp3) is 0.447. The lowest BCUT2D eigenvalue weighted by atomic mass is 9.94. The molecule has 12 nitrogen and oxygen atoms in total. The number of aliphatic hydroxyl groups excluding tert-OH is 2. The minimum Gasteiger partial charge on any atom is -0.530 e. The van der Waals surface area contributed by atoms with E-state index in [0.717, 1.165) is 16.0 Å². The predicted octanol–water partition coefficient (Wildman–Crippen LogP) is 2.15. The Morgan fingerprint density at radius 3 is 1.54 bits per heavy atom. The summed E-state index contributed by atoms with van der Waals surface area (Å²) < 4.78 is 5.41. The summed E-state index contributed by atoms with van der Waals surface area (Å²) in [6.07, 6.45) is -4.14. The number of alkyl carbamates (subject to hydrolysis) is 1. The Kier molecular flexibility index (Phi) is 14.8. The summed E-state index contributed by atoms with van der Waals surface area (Å²) in [5.41, 5.74) is -0.288. The molecule has 3 aromatic rings. The van der Waals surface area contributed by atoms with Crippen molar-refractivity contribution in [3.05, 3.63) is 108 Å². The molecule has 272 valence electrons. The summed E-state index contributed by atoms with van der Waals surface area (Å²) in [5, 5.41) is 54.5. The third kappa shape index (κ3) is 13.4. The molecule has 0 aromatic heterocycles. The second kappa shape index (κ2) is 18.5. The van der Waals surface area contributed by atoms with Crippen LogP contribution in [0.3, 0.4) is 0 Å². The van der Waals surface area contributed by atoms with Gasteiger partial charge in [-0.25, -0.2) is 4.79 Å². The van der Waals surface area contributed by atoms with Gasteiger partial charge in [0.1, 0.15) is 17.7 Å². The number of hydrogen-bond donors (Lipinski definition) is 6. The summed E-state index contributed by atoms with van der Waals surface area (Å²) in [4.78, 5) is 39.6. The molecule has 0 heterocycles. The van der Waals surface area contributed by atoms with Crippen LogP contribution in [0.15, 0.2) is 91.0 Å². The molecule has 50 heavy (non-hydrogen) atoms. The quantitative estimate of drug-likeness (QED) is 0.124. The van der Waals surface area contributed by atoms with E-state index in [9.17, 15) is 34.8 Å². The number of aliphatic hydroxyl groups is 3. The first-order valence-electron chi connectivity index (χ1n) is 16.7. The number of rotatable bonds is 17. The van der Waals surface area contributed by atoms with Crippen molar-refractivity contribution in [2.75, 3.05) is 13.1 Å². The summed E-state index contributed by atoms with van der Waals surface area (Å²) in [6, 6.07) is 23.9. The highest BCUT2D eigenvalue weighted by molar-refractivity contribution is 5.86. The number of amides is 3. The van der Waals surface area contributed by atoms with Crippen LogP contribution in [0.5, 0.6) is 0 Å². The Morgan fingerprint density at radius 1 is 0.720 bits per heavy atom. The van der Waals surface area contributed by atoms with E-state index in [1.54, 1.807) is 51.1 Å². The molecule has 6 N–H and O–H groups in total. The average Bonchev–Trinajstić information content (AvgIpc) is 3.03. The van der Waals surface area contributed by atoms with E-state index in [4.69, 9.17) is 4.74 Å². The number of carbonyl (C=O) groups excluding carboxylic acids is 3. The van der Waals surface area contributed by atoms with Crippen molar-refractivity contribution in [2.45, 2.75) is 95.5 Å². The molecule has 0 aliphatic rings. The highest BCUT2D eigenvalue weighted by Gasteiger charge is 2.40. The highest BCUT2D eigenvalue weighted by Crippen LogP contribution is 2.20. The average molecular weight is 692 g/mol. The van der Waals surface area contributed by atoms with E-state index in [2.05, 4.69) is 16.0 Å². The molecular formula is C38H51N4O8-. The Morgan fingerprint density at radius 2 is 1.14 bits per heavy atom. The third-order valence-electron chi connectivity index (χ3n) is 7.92. The van der Waals surface area contributed by atoms with Gasteiger partial charge in [-0.1, -0.05) is 91.0 Å². The van der Waals surface area contributed by atoms with E-state index in [0.29, 0.717) is 12.0 Å².